The first-order valence-electron chi connectivity index (χ1n) is 5.59. The van der Waals surface area contributed by atoms with Crippen LogP contribution in [-0.4, -0.2) is 37.3 Å². The molecule has 0 fully saturated rings. The molecule has 2 atom stereocenters. The minimum atomic E-state index is -1.45. The molecule has 2 N–H and O–H groups in total. The van der Waals surface area contributed by atoms with Gasteiger partial charge < -0.3 is 14.6 Å². The van der Waals surface area contributed by atoms with Crippen molar-refractivity contribution >= 4 is 8.32 Å². The van der Waals surface area contributed by atoms with Gasteiger partial charge in [0.1, 0.15) is 6.10 Å². The van der Waals surface area contributed by atoms with Crippen LogP contribution in [0.2, 0.25) is 19.6 Å². The predicted octanol–water partition coefficient (Wildman–Crippen LogP) is 1.67. The molecule has 0 aromatic heterocycles. The largest absolute Gasteiger partial charge is 0.417 e. The topological polar surface area (TPSA) is 49.7 Å². The fourth-order valence-electron chi connectivity index (χ4n) is 1.69. The van der Waals surface area contributed by atoms with Gasteiger partial charge in [0.2, 0.25) is 0 Å². The van der Waals surface area contributed by atoms with Crippen LogP contribution in [0, 0.1) is 0 Å². The fourth-order valence-corrected chi connectivity index (χ4v) is 2.40. The average Bonchev–Trinajstić information content (AvgIpc) is 2.10. The molecule has 0 bridgehead atoms. The molecular formula is C11H22O3Si. The first-order chi connectivity index (χ1) is 6.90. The van der Waals surface area contributed by atoms with E-state index in [0.29, 0.717) is 13.0 Å². The lowest BCUT2D eigenvalue weighted by Gasteiger charge is -2.26. The van der Waals surface area contributed by atoms with Gasteiger partial charge in [0, 0.05) is 6.61 Å². The third-order valence-corrected chi connectivity index (χ3v) is 3.61. The molecule has 1 rings (SSSR count). The Bertz CT molecular complexity index is 232. The van der Waals surface area contributed by atoms with Crippen LogP contribution in [-0.2, 0) is 4.43 Å². The van der Waals surface area contributed by atoms with Gasteiger partial charge in [-0.1, -0.05) is 6.08 Å². The van der Waals surface area contributed by atoms with Crippen molar-refractivity contribution in [1.29, 1.82) is 0 Å². The maximum absolute atomic E-state index is 9.70. The minimum Gasteiger partial charge on any atom is -0.417 e. The minimum absolute atomic E-state index is 0.586. The van der Waals surface area contributed by atoms with Crippen molar-refractivity contribution in [1.82, 2.24) is 0 Å². The average molecular weight is 230 g/mol. The van der Waals surface area contributed by atoms with Gasteiger partial charge in [-0.15, -0.1) is 0 Å². The van der Waals surface area contributed by atoms with Crippen molar-refractivity contribution in [3.05, 3.63) is 11.6 Å². The molecule has 4 heteroatoms. The van der Waals surface area contributed by atoms with Crippen molar-refractivity contribution in [3.8, 4) is 0 Å². The number of aliphatic hydroxyl groups excluding tert-OH is 2. The first kappa shape index (κ1) is 12.9. The molecule has 15 heavy (non-hydrogen) atoms. The Labute approximate surface area is 92.9 Å². The van der Waals surface area contributed by atoms with E-state index in [4.69, 9.17) is 4.43 Å². The fraction of sp³-hybridized carbons (Fsp3) is 0.818. The lowest BCUT2D eigenvalue weighted by atomic mass is 9.92. The zero-order chi connectivity index (χ0) is 11.5. The van der Waals surface area contributed by atoms with E-state index >= 15 is 0 Å². The lowest BCUT2D eigenvalue weighted by Crippen LogP contribution is -2.32. The summed E-state index contributed by atoms with van der Waals surface area (Å²) in [5.74, 6) is 0. The van der Waals surface area contributed by atoms with Crippen LogP contribution in [0.25, 0.3) is 0 Å². The van der Waals surface area contributed by atoms with Crippen LogP contribution in [0.1, 0.15) is 19.3 Å². The summed E-state index contributed by atoms with van der Waals surface area (Å²) < 4.78 is 5.72. The van der Waals surface area contributed by atoms with Gasteiger partial charge >= 0.3 is 0 Å². The van der Waals surface area contributed by atoms with E-state index in [2.05, 4.69) is 19.6 Å². The van der Waals surface area contributed by atoms with Crippen LogP contribution < -0.4 is 0 Å². The van der Waals surface area contributed by atoms with Gasteiger partial charge in [0.05, 0.1) is 6.10 Å². The number of allylic oxidation sites excluding steroid dienone is 1. The second-order valence-electron chi connectivity index (χ2n) is 5.08. The van der Waals surface area contributed by atoms with Gasteiger partial charge in [0.25, 0.3) is 0 Å². The maximum atomic E-state index is 9.70. The highest BCUT2D eigenvalue weighted by Gasteiger charge is 2.24. The summed E-state index contributed by atoms with van der Waals surface area (Å²) >= 11 is 0. The molecule has 0 amide bonds. The molecule has 1 aliphatic carbocycles. The highest BCUT2D eigenvalue weighted by molar-refractivity contribution is 6.69. The van der Waals surface area contributed by atoms with Crippen molar-refractivity contribution in [2.75, 3.05) is 6.61 Å². The third-order valence-electron chi connectivity index (χ3n) is 2.54. The SMILES string of the molecule is C[Si](C)(C)OCCC1=CCC[C@H](O)[C@@H]1O. The Morgan fingerprint density at radius 3 is 2.67 bits per heavy atom. The third kappa shape index (κ3) is 4.47. The van der Waals surface area contributed by atoms with E-state index < -0.39 is 20.5 Å². The second-order valence-corrected chi connectivity index (χ2v) is 9.59. The van der Waals surface area contributed by atoms with Crippen LogP contribution in [0.4, 0.5) is 0 Å². The standard InChI is InChI=1S/C11H22O3Si/c1-15(2,3)14-8-7-9-5-4-6-10(12)11(9)13/h5,10-13H,4,6-8H2,1-3H3/t10-,11+/m0/s1. The summed E-state index contributed by atoms with van der Waals surface area (Å²) in [5.41, 5.74) is 0.937. The Morgan fingerprint density at radius 2 is 2.07 bits per heavy atom. The smallest absolute Gasteiger partial charge is 0.183 e. The Balaban J connectivity index is 2.35. The molecule has 88 valence electrons. The molecule has 0 unspecified atom stereocenters. The molecule has 0 radical (unpaired) electrons. The molecular weight excluding hydrogens is 208 g/mol. The van der Waals surface area contributed by atoms with Crippen molar-refractivity contribution in [3.63, 3.8) is 0 Å². The summed E-state index contributed by atoms with van der Waals surface area (Å²) in [6.45, 7) is 7.10. The molecule has 0 spiro atoms. The number of hydrogen-bond donors (Lipinski definition) is 2. The van der Waals surface area contributed by atoms with E-state index in [9.17, 15) is 10.2 Å². The Morgan fingerprint density at radius 1 is 1.40 bits per heavy atom. The normalized spacial score (nSPS) is 27.7. The van der Waals surface area contributed by atoms with E-state index in [1.165, 1.54) is 0 Å². The van der Waals surface area contributed by atoms with Crippen molar-refractivity contribution in [2.24, 2.45) is 0 Å². The first-order valence-corrected chi connectivity index (χ1v) is 9.00. The summed E-state index contributed by atoms with van der Waals surface area (Å²) in [4.78, 5) is 0. The molecule has 0 heterocycles. The molecule has 0 saturated heterocycles. The highest BCUT2D eigenvalue weighted by atomic mass is 28.4. The maximum Gasteiger partial charge on any atom is 0.183 e. The van der Waals surface area contributed by atoms with Gasteiger partial charge in [-0.2, -0.15) is 0 Å². The second kappa shape index (κ2) is 5.25. The Kier molecular flexibility index (Phi) is 4.52. The van der Waals surface area contributed by atoms with Crippen molar-refractivity contribution < 1.29 is 14.6 Å². The molecule has 0 saturated carbocycles. The summed E-state index contributed by atoms with van der Waals surface area (Å²) in [6, 6.07) is 0. The van der Waals surface area contributed by atoms with Gasteiger partial charge in [0.15, 0.2) is 8.32 Å². The summed E-state index contributed by atoms with van der Waals surface area (Å²) in [5, 5.41) is 19.2. The molecule has 1 aliphatic rings. The lowest BCUT2D eigenvalue weighted by molar-refractivity contribution is 0.0283. The molecule has 0 aromatic rings. The predicted molar refractivity (Wildman–Crippen MR) is 63.2 cm³/mol. The molecule has 3 nitrogen and oxygen atoms in total. The van der Waals surface area contributed by atoms with Crippen LogP contribution in [0.15, 0.2) is 11.6 Å². The molecule has 0 aliphatic heterocycles. The van der Waals surface area contributed by atoms with Crippen LogP contribution >= 0.6 is 0 Å². The monoisotopic (exact) mass is 230 g/mol. The van der Waals surface area contributed by atoms with E-state index in [-0.39, 0.29) is 0 Å². The Hall–Kier alpha value is -0.163. The number of aliphatic hydroxyl groups is 2. The van der Waals surface area contributed by atoms with Gasteiger partial charge in [-0.3, -0.25) is 0 Å². The van der Waals surface area contributed by atoms with E-state index in [1.807, 2.05) is 6.08 Å². The molecule has 0 aromatic carbocycles. The van der Waals surface area contributed by atoms with Crippen LogP contribution in [0.3, 0.4) is 0 Å². The summed E-state index contributed by atoms with van der Waals surface area (Å²) in [6.07, 6.45) is 3.04. The highest BCUT2D eigenvalue weighted by Crippen LogP contribution is 2.22. The van der Waals surface area contributed by atoms with Crippen molar-refractivity contribution in [2.45, 2.75) is 51.1 Å². The summed E-state index contributed by atoms with van der Waals surface area (Å²) in [7, 11) is -1.45. The van der Waals surface area contributed by atoms with E-state index in [1.54, 1.807) is 0 Å². The van der Waals surface area contributed by atoms with Gasteiger partial charge in [-0.05, 0) is 44.5 Å². The number of hydrogen-bond acceptors (Lipinski definition) is 3. The zero-order valence-electron chi connectivity index (χ0n) is 9.86. The quantitative estimate of drug-likeness (QED) is 0.570. The number of rotatable bonds is 4. The zero-order valence-corrected chi connectivity index (χ0v) is 10.9. The van der Waals surface area contributed by atoms with Gasteiger partial charge in [-0.25, -0.2) is 0 Å². The van der Waals surface area contributed by atoms with Crippen LogP contribution in [0.5, 0.6) is 0 Å². The van der Waals surface area contributed by atoms with E-state index in [0.717, 1.165) is 18.4 Å².